The summed E-state index contributed by atoms with van der Waals surface area (Å²) in [4.78, 5) is 12.1. The third-order valence-corrected chi connectivity index (χ3v) is 4.01. The molecule has 1 aliphatic heterocycles. The first kappa shape index (κ1) is 18.0. The lowest BCUT2D eigenvalue weighted by molar-refractivity contribution is -0.126. The molecule has 1 fully saturated rings. The highest BCUT2D eigenvalue weighted by molar-refractivity contribution is 6.32. The van der Waals surface area contributed by atoms with Crippen LogP contribution in [0.4, 0.5) is 5.69 Å². The first-order valence-electron chi connectivity index (χ1n) is 7.96. The van der Waals surface area contributed by atoms with Gasteiger partial charge in [0.2, 0.25) is 0 Å². The van der Waals surface area contributed by atoms with Crippen molar-refractivity contribution in [3.63, 3.8) is 0 Å². The molecule has 1 aliphatic rings. The van der Waals surface area contributed by atoms with Crippen molar-refractivity contribution in [3.05, 3.63) is 24.3 Å². The summed E-state index contributed by atoms with van der Waals surface area (Å²) >= 11 is 0. The largest absolute Gasteiger partial charge is 0.370 e. The maximum atomic E-state index is 12.1. The average Bonchev–Trinajstić information content (AvgIpc) is 2.37. The van der Waals surface area contributed by atoms with E-state index in [0.717, 1.165) is 12.8 Å². The highest BCUT2D eigenvalue weighted by atomic mass is 16.3. The Morgan fingerprint density at radius 1 is 1.22 bits per heavy atom. The minimum absolute atomic E-state index is 0.0490. The molecule has 0 aliphatic carbocycles. The Morgan fingerprint density at radius 3 is 2.26 bits per heavy atom. The molecule has 6 heteroatoms. The lowest BCUT2D eigenvalue weighted by Crippen LogP contribution is -2.63. The molecule has 1 atom stereocenters. The van der Waals surface area contributed by atoms with Crippen molar-refractivity contribution in [3.8, 4) is 0 Å². The molecule has 1 amide bonds. The van der Waals surface area contributed by atoms with E-state index in [1.54, 1.807) is 24.3 Å². The maximum Gasteiger partial charge on any atom is 0.268 e. The fourth-order valence-corrected chi connectivity index (χ4v) is 3.52. The van der Waals surface area contributed by atoms with Gasteiger partial charge >= 0.3 is 0 Å². The highest BCUT2D eigenvalue weighted by Gasteiger charge is 2.38. The van der Waals surface area contributed by atoms with E-state index < -0.39 is 12.1 Å². The lowest BCUT2D eigenvalue weighted by Gasteiger charge is -2.47. The zero-order valence-electron chi connectivity index (χ0n) is 14.3. The number of benzene rings is 1. The van der Waals surface area contributed by atoms with Crippen LogP contribution in [0.3, 0.4) is 0 Å². The van der Waals surface area contributed by atoms with Gasteiger partial charge in [-0.3, -0.25) is 10.1 Å². The summed E-state index contributed by atoms with van der Waals surface area (Å²) in [7, 11) is 5.61. The van der Waals surface area contributed by atoms with E-state index in [-0.39, 0.29) is 17.1 Å². The van der Waals surface area contributed by atoms with Gasteiger partial charge in [0.1, 0.15) is 7.85 Å². The second-order valence-corrected chi connectivity index (χ2v) is 7.68. The molecule has 2 rings (SSSR count). The summed E-state index contributed by atoms with van der Waals surface area (Å²) in [5.74, 6) is -0.469. The number of rotatable bonds is 4. The van der Waals surface area contributed by atoms with Gasteiger partial charge in [0.05, 0.1) is 0 Å². The molecule has 0 bridgehead atoms. The van der Waals surface area contributed by atoms with E-state index >= 15 is 0 Å². The number of piperidine rings is 1. The first-order valence-corrected chi connectivity index (χ1v) is 7.96. The van der Waals surface area contributed by atoms with E-state index in [4.69, 9.17) is 7.85 Å². The van der Waals surface area contributed by atoms with Crippen LogP contribution in [0.25, 0.3) is 0 Å². The lowest BCUT2D eigenvalue weighted by atomic mass is 9.79. The number of aliphatic hydroxyl groups is 1. The summed E-state index contributed by atoms with van der Waals surface area (Å²) in [5.41, 5.74) is 1.14. The van der Waals surface area contributed by atoms with Gasteiger partial charge < -0.3 is 15.7 Å². The number of aliphatic hydroxyl groups excluding tert-OH is 1. The zero-order valence-corrected chi connectivity index (χ0v) is 14.3. The van der Waals surface area contributed by atoms with E-state index in [1.807, 2.05) is 0 Å². The molecule has 1 aromatic rings. The number of nitrogens with one attached hydrogen (secondary N) is 3. The fraction of sp³-hybridized carbons (Fsp3) is 0.588. The summed E-state index contributed by atoms with van der Waals surface area (Å²) in [6.45, 7) is 8.51. The highest BCUT2D eigenvalue weighted by Crippen LogP contribution is 2.28. The monoisotopic (exact) mass is 315 g/mol. The van der Waals surface area contributed by atoms with Crippen LogP contribution in [0.15, 0.2) is 24.3 Å². The van der Waals surface area contributed by atoms with Crippen molar-refractivity contribution < 1.29 is 9.90 Å². The SMILES string of the molecule is [B]c1ccc(NC(=O)C(O)NC2CC(C)(C)NC(C)(C)C2)cc1. The maximum absolute atomic E-state index is 12.1. The van der Waals surface area contributed by atoms with Crippen molar-refractivity contribution in [2.24, 2.45) is 0 Å². The van der Waals surface area contributed by atoms with Gasteiger partial charge in [0.25, 0.3) is 5.91 Å². The van der Waals surface area contributed by atoms with Crippen molar-refractivity contribution in [2.75, 3.05) is 5.32 Å². The number of carbonyl (C=O) groups excluding carboxylic acids is 1. The molecule has 1 saturated heterocycles. The second kappa shape index (κ2) is 6.63. The predicted octanol–water partition coefficient (Wildman–Crippen LogP) is 0.636. The molecule has 2 radical (unpaired) electrons. The van der Waals surface area contributed by atoms with E-state index in [9.17, 15) is 9.90 Å². The quantitative estimate of drug-likeness (QED) is 0.486. The fourth-order valence-electron chi connectivity index (χ4n) is 3.52. The minimum Gasteiger partial charge on any atom is -0.370 e. The minimum atomic E-state index is -1.25. The third kappa shape index (κ3) is 5.34. The Hall–Kier alpha value is -1.37. The Bertz CT molecular complexity index is 541. The average molecular weight is 315 g/mol. The van der Waals surface area contributed by atoms with Crippen molar-refractivity contribution in [2.45, 2.75) is 63.9 Å². The van der Waals surface area contributed by atoms with Gasteiger partial charge in [-0.05, 0) is 52.7 Å². The molecule has 1 heterocycles. The van der Waals surface area contributed by atoms with E-state index in [1.165, 1.54) is 0 Å². The predicted molar refractivity (Wildman–Crippen MR) is 93.9 cm³/mol. The van der Waals surface area contributed by atoms with Crippen LogP contribution in [-0.2, 0) is 4.79 Å². The van der Waals surface area contributed by atoms with Crippen LogP contribution in [0.2, 0.25) is 0 Å². The van der Waals surface area contributed by atoms with Crippen LogP contribution in [0.5, 0.6) is 0 Å². The van der Waals surface area contributed by atoms with Gasteiger partial charge in [-0.15, -0.1) is 0 Å². The Balaban J connectivity index is 1.93. The van der Waals surface area contributed by atoms with Crippen LogP contribution < -0.4 is 21.4 Å². The normalized spacial score (nSPS) is 21.6. The molecule has 23 heavy (non-hydrogen) atoms. The Kier molecular flexibility index (Phi) is 5.18. The summed E-state index contributed by atoms with van der Waals surface area (Å²) < 4.78 is 0. The zero-order chi connectivity index (χ0) is 17.3. The molecule has 0 aromatic heterocycles. The number of carbonyl (C=O) groups is 1. The standard InChI is InChI=1S/C17H26BN3O2/c1-16(2)9-13(10-17(3,4)21-16)20-15(23)14(22)19-12-7-5-11(18)6-8-12/h5-8,13,15,20-21,23H,9-10H2,1-4H3,(H,19,22). The summed E-state index contributed by atoms with van der Waals surface area (Å²) in [6.07, 6.45) is 0.424. The van der Waals surface area contributed by atoms with E-state index in [2.05, 4.69) is 43.6 Å². The van der Waals surface area contributed by atoms with Gasteiger partial charge in [-0.1, -0.05) is 17.6 Å². The van der Waals surface area contributed by atoms with Gasteiger partial charge in [0.15, 0.2) is 6.23 Å². The molecule has 5 nitrogen and oxygen atoms in total. The topological polar surface area (TPSA) is 73.4 Å². The van der Waals surface area contributed by atoms with Crippen LogP contribution >= 0.6 is 0 Å². The number of hydrogen-bond donors (Lipinski definition) is 4. The number of hydrogen-bond acceptors (Lipinski definition) is 4. The molecule has 0 spiro atoms. The molecular formula is C17H26BN3O2. The number of anilines is 1. The van der Waals surface area contributed by atoms with Crippen LogP contribution in [0.1, 0.15) is 40.5 Å². The third-order valence-electron chi connectivity index (χ3n) is 4.01. The molecule has 4 N–H and O–H groups in total. The Labute approximate surface area is 139 Å². The summed E-state index contributed by atoms with van der Waals surface area (Å²) in [6, 6.07) is 6.88. The van der Waals surface area contributed by atoms with E-state index in [0.29, 0.717) is 11.2 Å². The van der Waals surface area contributed by atoms with Gasteiger partial charge in [-0.2, -0.15) is 0 Å². The molecule has 1 unspecified atom stereocenters. The first-order chi connectivity index (χ1) is 10.6. The van der Waals surface area contributed by atoms with Crippen molar-refractivity contribution >= 4 is 24.9 Å². The smallest absolute Gasteiger partial charge is 0.268 e. The van der Waals surface area contributed by atoms with Crippen molar-refractivity contribution in [1.82, 2.24) is 10.6 Å². The number of amides is 1. The van der Waals surface area contributed by atoms with Gasteiger partial charge in [-0.25, -0.2) is 0 Å². The van der Waals surface area contributed by atoms with Gasteiger partial charge in [0, 0.05) is 22.8 Å². The Morgan fingerprint density at radius 2 is 1.74 bits per heavy atom. The second-order valence-electron chi connectivity index (χ2n) is 7.68. The molecule has 1 aromatic carbocycles. The molecular weight excluding hydrogens is 289 g/mol. The molecule has 0 saturated carbocycles. The van der Waals surface area contributed by atoms with Crippen LogP contribution in [-0.4, -0.2) is 42.2 Å². The van der Waals surface area contributed by atoms with Crippen LogP contribution in [0, 0.1) is 0 Å². The molecule has 124 valence electrons. The summed E-state index contributed by atoms with van der Waals surface area (Å²) in [5, 5.41) is 19.5. The van der Waals surface area contributed by atoms with Crippen molar-refractivity contribution in [1.29, 1.82) is 0 Å².